The number of unbranched alkanes of at least 4 members (excludes halogenated alkanes) is 1. The first kappa shape index (κ1) is 20.1. The molecule has 0 fully saturated rings. The van der Waals surface area contributed by atoms with Gasteiger partial charge in [-0.15, -0.1) is 0 Å². The molecular weight excluding hydrogens is 375 g/mol. The number of nitrogens with zero attached hydrogens (tertiary/aromatic N) is 1. The first-order chi connectivity index (χ1) is 12.6. The van der Waals surface area contributed by atoms with Crippen LogP contribution in [0.3, 0.4) is 0 Å². The van der Waals surface area contributed by atoms with Crippen LogP contribution in [0.4, 0.5) is 0 Å². The molecule has 138 valence electrons. The molecule has 26 heavy (non-hydrogen) atoms. The maximum atomic E-state index is 11.8. The first-order valence-electron chi connectivity index (χ1n) is 8.21. The number of carbonyl (C=O) groups excluding carboxylic acids is 1. The van der Waals surface area contributed by atoms with E-state index in [0.717, 1.165) is 24.2 Å². The summed E-state index contributed by atoms with van der Waals surface area (Å²) in [6.07, 6.45) is 3.66. The van der Waals surface area contributed by atoms with Crippen LogP contribution in [0.15, 0.2) is 47.6 Å². The Morgan fingerprint density at radius 2 is 1.92 bits per heavy atom. The van der Waals surface area contributed by atoms with Crippen LogP contribution in [0.2, 0.25) is 10.0 Å². The van der Waals surface area contributed by atoms with Gasteiger partial charge in [0.2, 0.25) is 0 Å². The summed E-state index contributed by atoms with van der Waals surface area (Å²) in [7, 11) is 0. The van der Waals surface area contributed by atoms with E-state index >= 15 is 0 Å². The summed E-state index contributed by atoms with van der Waals surface area (Å²) in [6, 6.07) is 12.4. The highest BCUT2D eigenvalue weighted by atomic mass is 35.5. The van der Waals surface area contributed by atoms with E-state index < -0.39 is 5.91 Å². The molecule has 0 unspecified atom stereocenters. The molecule has 0 radical (unpaired) electrons. The van der Waals surface area contributed by atoms with Crippen molar-refractivity contribution in [3.8, 4) is 11.5 Å². The van der Waals surface area contributed by atoms with Gasteiger partial charge in [-0.25, -0.2) is 5.43 Å². The van der Waals surface area contributed by atoms with Crippen LogP contribution in [0.5, 0.6) is 11.5 Å². The number of hydrogen-bond acceptors (Lipinski definition) is 4. The van der Waals surface area contributed by atoms with Gasteiger partial charge < -0.3 is 9.47 Å². The number of hydrogen-bond donors (Lipinski definition) is 1. The number of rotatable bonds is 9. The van der Waals surface area contributed by atoms with Crippen LogP contribution >= 0.6 is 23.2 Å². The molecule has 7 heteroatoms. The number of ether oxygens (including phenoxy) is 2. The molecule has 0 spiro atoms. The molecule has 0 saturated carbocycles. The summed E-state index contributed by atoms with van der Waals surface area (Å²) in [6.45, 7) is 2.60. The third kappa shape index (κ3) is 6.58. The molecule has 0 aliphatic rings. The molecule has 0 bridgehead atoms. The van der Waals surface area contributed by atoms with E-state index in [-0.39, 0.29) is 11.6 Å². The lowest BCUT2D eigenvalue weighted by molar-refractivity contribution is -0.123. The van der Waals surface area contributed by atoms with Crippen molar-refractivity contribution < 1.29 is 14.3 Å². The van der Waals surface area contributed by atoms with Crippen molar-refractivity contribution in [1.29, 1.82) is 0 Å². The van der Waals surface area contributed by atoms with E-state index in [1.165, 1.54) is 0 Å². The Morgan fingerprint density at radius 3 is 2.65 bits per heavy atom. The number of nitrogens with one attached hydrogen (secondary N) is 1. The summed E-state index contributed by atoms with van der Waals surface area (Å²) >= 11 is 11.9. The van der Waals surface area contributed by atoms with Gasteiger partial charge in [-0.1, -0.05) is 42.6 Å². The quantitative estimate of drug-likeness (QED) is 0.380. The lowest BCUT2D eigenvalue weighted by Gasteiger charge is -2.07. The number of amides is 1. The first-order valence-corrected chi connectivity index (χ1v) is 8.97. The second-order valence-electron chi connectivity index (χ2n) is 5.40. The average Bonchev–Trinajstić information content (AvgIpc) is 2.64. The minimum atomic E-state index is -0.406. The van der Waals surface area contributed by atoms with Crippen LogP contribution in [0.1, 0.15) is 25.3 Å². The molecule has 0 aliphatic heterocycles. The lowest BCUT2D eigenvalue weighted by atomic mass is 10.2. The molecule has 5 nitrogen and oxygen atoms in total. The second kappa shape index (κ2) is 10.7. The predicted octanol–water partition coefficient (Wildman–Crippen LogP) is 4.70. The average molecular weight is 395 g/mol. The van der Waals surface area contributed by atoms with E-state index in [1.807, 2.05) is 24.3 Å². The third-order valence-electron chi connectivity index (χ3n) is 3.32. The Kier molecular flexibility index (Phi) is 8.25. The number of carbonyl (C=O) groups is 1. The molecule has 0 saturated heterocycles. The molecule has 1 amide bonds. The molecule has 0 aliphatic carbocycles. The standard InChI is InChI=1S/C19H20Cl2N2O3/c1-2-3-11-25-15-9-7-14(8-10-15)12-22-23-18(24)13-26-17-6-4-5-16(20)19(17)21/h4-10,12H,2-3,11,13H2,1H3,(H,23,24). The Hall–Kier alpha value is -2.24. The van der Waals surface area contributed by atoms with E-state index in [0.29, 0.717) is 17.4 Å². The summed E-state index contributed by atoms with van der Waals surface area (Å²) < 4.78 is 10.9. The molecule has 0 heterocycles. The van der Waals surface area contributed by atoms with Gasteiger partial charge in [-0.2, -0.15) is 5.10 Å². The lowest BCUT2D eigenvalue weighted by Crippen LogP contribution is -2.24. The van der Waals surface area contributed by atoms with E-state index in [2.05, 4.69) is 17.5 Å². The summed E-state index contributed by atoms with van der Waals surface area (Å²) in [5.41, 5.74) is 3.23. The van der Waals surface area contributed by atoms with Crippen LogP contribution in [0, 0.1) is 0 Å². The molecule has 0 aromatic heterocycles. The van der Waals surface area contributed by atoms with Crippen LogP contribution < -0.4 is 14.9 Å². The zero-order chi connectivity index (χ0) is 18.8. The highest BCUT2D eigenvalue weighted by Gasteiger charge is 2.07. The predicted molar refractivity (Wildman–Crippen MR) is 105 cm³/mol. The Balaban J connectivity index is 1.76. The van der Waals surface area contributed by atoms with E-state index in [1.54, 1.807) is 24.4 Å². The summed E-state index contributed by atoms with van der Waals surface area (Å²) in [4.78, 5) is 11.8. The monoisotopic (exact) mass is 394 g/mol. The SMILES string of the molecule is CCCCOc1ccc(C=NNC(=O)COc2cccc(Cl)c2Cl)cc1. The van der Waals surface area contributed by atoms with Crippen molar-refractivity contribution in [3.63, 3.8) is 0 Å². The molecule has 1 N–H and O–H groups in total. The van der Waals surface area contributed by atoms with Gasteiger partial charge in [0.25, 0.3) is 5.91 Å². The number of halogens is 2. The third-order valence-corrected chi connectivity index (χ3v) is 4.13. The number of hydrazone groups is 1. The van der Waals surface area contributed by atoms with Crippen molar-refractivity contribution in [3.05, 3.63) is 58.1 Å². The molecule has 2 aromatic rings. The Labute approximate surface area is 162 Å². The molecule has 2 rings (SSSR count). The zero-order valence-corrected chi connectivity index (χ0v) is 15.9. The van der Waals surface area contributed by atoms with Crippen molar-refractivity contribution in [1.82, 2.24) is 5.43 Å². The van der Waals surface area contributed by atoms with Crippen molar-refractivity contribution in [2.45, 2.75) is 19.8 Å². The highest BCUT2D eigenvalue weighted by Crippen LogP contribution is 2.31. The van der Waals surface area contributed by atoms with Gasteiger partial charge >= 0.3 is 0 Å². The summed E-state index contributed by atoms with van der Waals surface area (Å²) in [5.74, 6) is 0.750. The fraction of sp³-hybridized carbons (Fsp3) is 0.263. The molecular formula is C19H20Cl2N2O3. The minimum Gasteiger partial charge on any atom is -0.494 e. The van der Waals surface area contributed by atoms with Crippen LogP contribution in [-0.2, 0) is 4.79 Å². The van der Waals surface area contributed by atoms with Crippen LogP contribution in [0.25, 0.3) is 0 Å². The fourth-order valence-electron chi connectivity index (χ4n) is 1.93. The second-order valence-corrected chi connectivity index (χ2v) is 6.19. The largest absolute Gasteiger partial charge is 0.494 e. The zero-order valence-electron chi connectivity index (χ0n) is 14.4. The van der Waals surface area contributed by atoms with Crippen molar-refractivity contribution >= 4 is 35.3 Å². The highest BCUT2D eigenvalue weighted by molar-refractivity contribution is 6.42. The Morgan fingerprint density at radius 1 is 1.15 bits per heavy atom. The Bertz CT molecular complexity index is 749. The normalized spacial score (nSPS) is 10.7. The van der Waals surface area contributed by atoms with Crippen molar-refractivity contribution in [2.24, 2.45) is 5.10 Å². The number of benzene rings is 2. The van der Waals surface area contributed by atoms with E-state index in [4.69, 9.17) is 32.7 Å². The van der Waals surface area contributed by atoms with Gasteiger partial charge in [0.05, 0.1) is 17.8 Å². The van der Waals surface area contributed by atoms with Gasteiger partial charge in [0.15, 0.2) is 6.61 Å². The van der Waals surface area contributed by atoms with Gasteiger partial charge in [0.1, 0.15) is 16.5 Å². The maximum Gasteiger partial charge on any atom is 0.277 e. The maximum absolute atomic E-state index is 11.8. The van der Waals surface area contributed by atoms with Gasteiger partial charge in [0, 0.05) is 0 Å². The van der Waals surface area contributed by atoms with Gasteiger partial charge in [-0.3, -0.25) is 4.79 Å². The van der Waals surface area contributed by atoms with Crippen LogP contribution in [-0.4, -0.2) is 25.3 Å². The van der Waals surface area contributed by atoms with E-state index in [9.17, 15) is 4.79 Å². The van der Waals surface area contributed by atoms with Gasteiger partial charge in [-0.05, 0) is 48.4 Å². The minimum absolute atomic E-state index is 0.221. The smallest absolute Gasteiger partial charge is 0.277 e. The molecule has 0 atom stereocenters. The fourth-order valence-corrected chi connectivity index (χ4v) is 2.28. The molecule has 2 aromatic carbocycles. The van der Waals surface area contributed by atoms with Crippen molar-refractivity contribution in [2.75, 3.05) is 13.2 Å². The topological polar surface area (TPSA) is 59.9 Å². The summed E-state index contributed by atoms with van der Waals surface area (Å²) in [5, 5.41) is 4.53.